The number of nitro groups is 1. The zero-order valence-corrected chi connectivity index (χ0v) is 14.4. The van der Waals surface area contributed by atoms with Crippen molar-refractivity contribution in [3.63, 3.8) is 0 Å². The number of nitro benzene ring substituents is 1. The van der Waals surface area contributed by atoms with Crippen molar-refractivity contribution in [2.75, 3.05) is 0 Å². The average Bonchev–Trinajstić information content (AvgIpc) is 3.05. The Morgan fingerprint density at radius 3 is 2.65 bits per heavy atom. The summed E-state index contributed by atoms with van der Waals surface area (Å²) in [7, 11) is 0. The summed E-state index contributed by atoms with van der Waals surface area (Å²) in [5.41, 5.74) is -0.614. The molecule has 1 saturated carbocycles. The fourth-order valence-electron chi connectivity index (χ4n) is 3.67. The second-order valence-corrected chi connectivity index (χ2v) is 6.88. The maximum atomic E-state index is 12.8. The largest absolute Gasteiger partial charge is 0.480 e. The molecule has 0 aliphatic heterocycles. The Morgan fingerprint density at radius 2 is 2.08 bits per heavy atom. The lowest BCUT2D eigenvalue weighted by Crippen LogP contribution is -2.56. The number of fused-ring (bicyclic) bond motifs is 1. The summed E-state index contributed by atoms with van der Waals surface area (Å²) in [6.07, 6.45) is 4.72. The molecule has 0 bridgehead atoms. The Labute approximate surface area is 149 Å². The summed E-state index contributed by atoms with van der Waals surface area (Å²) in [6.45, 7) is 2.08. The zero-order valence-electron chi connectivity index (χ0n) is 14.4. The van der Waals surface area contributed by atoms with Gasteiger partial charge in [-0.05, 0) is 37.7 Å². The van der Waals surface area contributed by atoms with E-state index in [0.717, 1.165) is 19.3 Å². The van der Waals surface area contributed by atoms with Gasteiger partial charge in [0.1, 0.15) is 5.54 Å². The van der Waals surface area contributed by atoms with Gasteiger partial charge in [-0.1, -0.05) is 13.3 Å². The van der Waals surface area contributed by atoms with Crippen molar-refractivity contribution in [3.8, 4) is 0 Å². The molecule has 1 amide bonds. The van der Waals surface area contributed by atoms with Crippen LogP contribution in [0.3, 0.4) is 0 Å². The summed E-state index contributed by atoms with van der Waals surface area (Å²) in [5.74, 6) is -1.09. The molecule has 1 aromatic carbocycles. The second-order valence-electron chi connectivity index (χ2n) is 6.88. The van der Waals surface area contributed by atoms with Gasteiger partial charge >= 0.3 is 5.97 Å². The number of carbonyl (C=O) groups is 2. The highest BCUT2D eigenvalue weighted by Gasteiger charge is 2.43. The zero-order chi connectivity index (χ0) is 18.9. The third-order valence-corrected chi connectivity index (χ3v) is 5.42. The lowest BCUT2D eigenvalue weighted by atomic mass is 9.75. The Kier molecular flexibility index (Phi) is 4.67. The number of aromatic amines is 1. The summed E-state index contributed by atoms with van der Waals surface area (Å²) >= 11 is 0. The molecular formula is C18H21N3O5. The van der Waals surface area contributed by atoms with Crippen molar-refractivity contribution >= 4 is 28.5 Å². The Balaban J connectivity index is 1.89. The monoisotopic (exact) mass is 359 g/mol. The van der Waals surface area contributed by atoms with Gasteiger partial charge in [-0.3, -0.25) is 14.9 Å². The molecule has 3 N–H and O–H groups in total. The van der Waals surface area contributed by atoms with Crippen LogP contribution in [0.4, 0.5) is 5.69 Å². The molecule has 0 radical (unpaired) electrons. The van der Waals surface area contributed by atoms with E-state index in [-0.39, 0.29) is 11.3 Å². The standard InChI is InChI=1S/C18H21N3O5/c1-2-11-5-7-18(8-6-11,17(23)24)20-16(22)14-10-19-15-4-3-12(21(25)26)9-13(14)15/h3-4,9-11,19H,2,5-8H2,1H3,(H,20,22)(H,23,24). The molecule has 1 fully saturated rings. The van der Waals surface area contributed by atoms with E-state index in [1.54, 1.807) is 0 Å². The molecule has 3 rings (SSSR count). The molecule has 0 unspecified atom stereocenters. The number of rotatable bonds is 5. The normalized spacial score (nSPS) is 22.9. The molecule has 1 aliphatic carbocycles. The SMILES string of the molecule is CCC1CCC(NC(=O)c2c[nH]c3ccc([N+](=O)[O-])cc23)(C(=O)O)CC1. The van der Waals surface area contributed by atoms with Crippen LogP contribution in [0.2, 0.25) is 0 Å². The van der Waals surface area contributed by atoms with E-state index in [4.69, 9.17) is 0 Å². The Hall–Kier alpha value is -2.90. The van der Waals surface area contributed by atoms with Crippen LogP contribution in [0, 0.1) is 16.0 Å². The van der Waals surface area contributed by atoms with Crippen LogP contribution in [-0.4, -0.2) is 32.4 Å². The number of amides is 1. The molecular weight excluding hydrogens is 338 g/mol. The predicted octanol–water partition coefficient (Wildman–Crippen LogP) is 3.23. The van der Waals surface area contributed by atoms with Crippen LogP contribution in [0.25, 0.3) is 10.9 Å². The highest BCUT2D eigenvalue weighted by molar-refractivity contribution is 6.08. The molecule has 1 heterocycles. The number of hydrogen-bond acceptors (Lipinski definition) is 4. The van der Waals surface area contributed by atoms with E-state index in [1.807, 2.05) is 0 Å². The van der Waals surface area contributed by atoms with Crippen molar-refractivity contribution < 1.29 is 19.6 Å². The number of aliphatic carboxylic acids is 1. The van der Waals surface area contributed by atoms with Gasteiger partial charge in [0.15, 0.2) is 0 Å². The number of H-pyrrole nitrogens is 1. The van der Waals surface area contributed by atoms with Crippen molar-refractivity contribution in [3.05, 3.63) is 40.1 Å². The van der Waals surface area contributed by atoms with Crippen LogP contribution in [-0.2, 0) is 4.79 Å². The molecule has 0 spiro atoms. The van der Waals surface area contributed by atoms with Gasteiger partial charge in [-0.2, -0.15) is 0 Å². The molecule has 1 aromatic heterocycles. The maximum Gasteiger partial charge on any atom is 0.329 e. The topological polar surface area (TPSA) is 125 Å². The van der Waals surface area contributed by atoms with Gasteiger partial charge in [0, 0.05) is 29.2 Å². The van der Waals surface area contributed by atoms with Crippen LogP contribution >= 0.6 is 0 Å². The highest BCUT2D eigenvalue weighted by Crippen LogP contribution is 2.34. The van der Waals surface area contributed by atoms with Gasteiger partial charge < -0.3 is 15.4 Å². The number of aromatic nitrogens is 1. The summed E-state index contributed by atoms with van der Waals surface area (Å²) < 4.78 is 0. The van der Waals surface area contributed by atoms with E-state index < -0.39 is 22.3 Å². The summed E-state index contributed by atoms with van der Waals surface area (Å²) in [5, 5.41) is 23.8. The number of carboxylic acid groups (broad SMARTS) is 1. The number of nitrogens with one attached hydrogen (secondary N) is 2. The van der Waals surface area contributed by atoms with Crippen molar-refractivity contribution in [1.82, 2.24) is 10.3 Å². The number of carbonyl (C=O) groups excluding carboxylic acids is 1. The highest BCUT2D eigenvalue weighted by atomic mass is 16.6. The molecule has 0 saturated heterocycles. The minimum absolute atomic E-state index is 0.123. The van der Waals surface area contributed by atoms with E-state index in [2.05, 4.69) is 17.2 Å². The second kappa shape index (κ2) is 6.78. The third-order valence-electron chi connectivity index (χ3n) is 5.42. The van der Waals surface area contributed by atoms with E-state index in [9.17, 15) is 24.8 Å². The third kappa shape index (κ3) is 3.14. The Morgan fingerprint density at radius 1 is 1.38 bits per heavy atom. The molecule has 2 aromatic rings. The average molecular weight is 359 g/mol. The number of hydrogen-bond donors (Lipinski definition) is 3. The molecule has 8 nitrogen and oxygen atoms in total. The first-order valence-electron chi connectivity index (χ1n) is 8.67. The summed E-state index contributed by atoms with van der Waals surface area (Å²) in [4.78, 5) is 38.0. The first-order valence-corrected chi connectivity index (χ1v) is 8.67. The van der Waals surface area contributed by atoms with Crippen LogP contribution in [0.1, 0.15) is 49.4 Å². The quantitative estimate of drug-likeness (QED) is 0.558. The van der Waals surface area contributed by atoms with Gasteiger partial charge in [0.2, 0.25) is 0 Å². The number of carboxylic acids is 1. The number of non-ortho nitro benzene ring substituents is 1. The minimum Gasteiger partial charge on any atom is -0.480 e. The first-order chi connectivity index (χ1) is 12.4. The fourth-order valence-corrected chi connectivity index (χ4v) is 3.67. The molecule has 26 heavy (non-hydrogen) atoms. The number of nitrogens with zero attached hydrogens (tertiary/aromatic N) is 1. The minimum atomic E-state index is -1.28. The lowest BCUT2D eigenvalue weighted by Gasteiger charge is -2.37. The van der Waals surface area contributed by atoms with Crippen molar-refractivity contribution in [1.29, 1.82) is 0 Å². The fraction of sp³-hybridized carbons (Fsp3) is 0.444. The van der Waals surface area contributed by atoms with Gasteiger partial charge in [0.05, 0.1) is 10.5 Å². The van der Waals surface area contributed by atoms with Crippen LogP contribution < -0.4 is 5.32 Å². The maximum absolute atomic E-state index is 12.8. The van der Waals surface area contributed by atoms with Crippen molar-refractivity contribution in [2.45, 2.75) is 44.6 Å². The molecule has 8 heteroatoms. The molecule has 0 atom stereocenters. The first kappa shape index (κ1) is 17.9. The van der Waals surface area contributed by atoms with Gasteiger partial charge in [0.25, 0.3) is 11.6 Å². The molecule has 138 valence electrons. The smallest absolute Gasteiger partial charge is 0.329 e. The van der Waals surface area contributed by atoms with E-state index in [1.165, 1.54) is 24.4 Å². The lowest BCUT2D eigenvalue weighted by molar-refractivity contribution is -0.384. The Bertz CT molecular complexity index is 865. The predicted molar refractivity (Wildman–Crippen MR) is 95.0 cm³/mol. The van der Waals surface area contributed by atoms with Crippen molar-refractivity contribution in [2.24, 2.45) is 5.92 Å². The summed E-state index contributed by atoms with van der Waals surface area (Å²) in [6, 6.07) is 4.21. The number of benzene rings is 1. The van der Waals surface area contributed by atoms with Crippen LogP contribution in [0.15, 0.2) is 24.4 Å². The molecule has 1 aliphatic rings. The van der Waals surface area contributed by atoms with Gasteiger partial charge in [-0.25, -0.2) is 4.79 Å². The van der Waals surface area contributed by atoms with Crippen LogP contribution in [0.5, 0.6) is 0 Å². The van der Waals surface area contributed by atoms with E-state index in [0.29, 0.717) is 29.7 Å². The van der Waals surface area contributed by atoms with E-state index >= 15 is 0 Å². The van der Waals surface area contributed by atoms with Gasteiger partial charge in [-0.15, -0.1) is 0 Å².